The first-order valence-electron chi connectivity index (χ1n) is 9.99. The summed E-state index contributed by atoms with van der Waals surface area (Å²) in [4.78, 5) is 29.3. The van der Waals surface area contributed by atoms with Crippen LogP contribution in [0.1, 0.15) is 30.4 Å². The van der Waals surface area contributed by atoms with E-state index >= 15 is 0 Å². The molecule has 2 amide bonds. The minimum Gasteiger partial charge on any atom is -0.353 e. The number of carbonyl (C=O) groups is 2. The third kappa shape index (κ3) is 4.73. The fourth-order valence-electron chi connectivity index (χ4n) is 4.29. The summed E-state index contributed by atoms with van der Waals surface area (Å²) in [7, 11) is 2.08. The number of likely N-dealkylation sites (tertiary alicyclic amines) is 1. The molecule has 28 heavy (non-hydrogen) atoms. The van der Waals surface area contributed by atoms with Crippen LogP contribution in [0.3, 0.4) is 0 Å². The lowest BCUT2D eigenvalue weighted by Crippen LogP contribution is -2.49. The zero-order valence-corrected chi connectivity index (χ0v) is 16.8. The molecule has 0 saturated carbocycles. The molecule has 1 aromatic rings. The number of likely N-dealkylation sites (N-methyl/N-ethyl adjacent to an activating group) is 1. The van der Waals surface area contributed by atoms with Gasteiger partial charge in [-0.2, -0.15) is 0 Å². The van der Waals surface area contributed by atoms with Crippen LogP contribution in [0, 0.1) is 19.3 Å². The number of terminal acetylenes is 1. The van der Waals surface area contributed by atoms with Crippen molar-refractivity contribution in [2.45, 2.75) is 50.9 Å². The lowest BCUT2D eigenvalue weighted by Gasteiger charge is -2.33. The molecule has 0 bridgehead atoms. The van der Waals surface area contributed by atoms with Crippen LogP contribution in [0.4, 0.5) is 0 Å². The smallest absolute Gasteiger partial charge is 0.239 e. The van der Waals surface area contributed by atoms with Gasteiger partial charge in [-0.3, -0.25) is 19.4 Å². The number of hydrogen-bond donors (Lipinski definition) is 2. The molecule has 2 saturated heterocycles. The minimum absolute atomic E-state index is 0.0362. The maximum Gasteiger partial charge on any atom is 0.239 e. The number of carbonyl (C=O) groups excluding carboxylic acids is 2. The van der Waals surface area contributed by atoms with Gasteiger partial charge in [-0.25, -0.2) is 0 Å². The van der Waals surface area contributed by atoms with Crippen LogP contribution in [0.25, 0.3) is 0 Å². The summed E-state index contributed by atoms with van der Waals surface area (Å²) in [5.74, 6) is 2.48. The Morgan fingerprint density at radius 2 is 2.11 bits per heavy atom. The standard InChI is InChI=1S/C22H30N4O2/c1-4-12-23-20(27)10-9-18-14-24-22(28)21-19(25(18)3)11-13-26(21)15-17-7-5-16(2)6-8-17/h1,5-8,18-19,21H,9-15H2,2-3H3,(H,23,27)(H,24,28)/t18-,19+,21-/m0/s1. The van der Waals surface area contributed by atoms with Gasteiger partial charge in [-0.05, 0) is 32.4 Å². The second-order valence-electron chi connectivity index (χ2n) is 7.84. The number of nitrogens with one attached hydrogen (secondary N) is 2. The summed E-state index contributed by atoms with van der Waals surface area (Å²) in [6.45, 7) is 4.59. The first kappa shape index (κ1) is 20.4. The van der Waals surface area contributed by atoms with E-state index in [1.165, 1.54) is 11.1 Å². The van der Waals surface area contributed by atoms with E-state index in [1.807, 2.05) is 0 Å². The molecule has 2 aliphatic rings. The van der Waals surface area contributed by atoms with Crippen LogP contribution in [-0.4, -0.2) is 66.4 Å². The molecular weight excluding hydrogens is 352 g/mol. The molecule has 2 N–H and O–H groups in total. The molecule has 0 spiro atoms. The third-order valence-corrected chi connectivity index (χ3v) is 5.95. The molecule has 2 aliphatic heterocycles. The Morgan fingerprint density at radius 3 is 2.82 bits per heavy atom. The lowest BCUT2D eigenvalue weighted by atomic mass is 10.0. The SMILES string of the molecule is C#CCNC(=O)CC[C@H]1CNC(=O)[C@@H]2[C@@H](CCN2Cc2ccc(C)cc2)N1C. The quantitative estimate of drug-likeness (QED) is 0.718. The summed E-state index contributed by atoms with van der Waals surface area (Å²) >= 11 is 0. The van der Waals surface area contributed by atoms with Crippen molar-refractivity contribution in [1.29, 1.82) is 0 Å². The van der Waals surface area contributed by atoms with Crippen molar-refractivity contribution in [3.8, 4) is 12.3 Å². The van der Waals surface area contributed by atoms with E-state index in [0.717, 1.165) is 19.5 Å². The van der Waals surface area contributed by atoms with E-state index in [2.05, 4.69) is 64.6 Å². The van der Waals surface area contributed by atoms with Crippen LogP contribution in [-0.2, 0) is 16.1 Å². The predicted octanol–water partition coefficient (Wildman–Crippen LogP) is 0.898. The van der Waals surface area contributed by atoms with Gasteiger partial charge in [0.2, 0.25) is 11.8 Å². The summed E-state index contributed by atoms with van der Waals surface area (Å²) < 4.78 is 0. The van der Waals surface area contributed by atoms with Gasteiger partial charge in [0, 0.05) is 38.1 Å². The number of rotatable bonds is 6. The van der Waals surface area contributed by atoms with Crippen LogP contribution in [0.2, 0.25) is 0 Å². The zero-order valence-electron chi connectivity index (χ0n) is 16.8. The highest BCUT2D eigenvalue weighted by molar-refractivity contribution is 5.83. The van der Waals surface area contributed by atoms with Gasteiger partial charge in [0.05, 0.1) is 6.54 Å². The van der Waals surface area contributed by atoms with E-state index in [-0.39, 0.29) is 36.5 Å². The number of fused-ring (bicyclic) bond motifs is 1. The highest BCUT2D eigenvalue weighted by atomic mass is 16.2. The number of hydrogen-bond acceptors (Lipinski definition) is 4. The number of amides is 2. The predicted molar refractivity (Wildman–Crippen MR) is 109 cm³/mol. The van der Waals surface area contributed by atoms with E-state index < -0.39 is 0 Å². The first-order valence-corrected chi connectivity index (χ1v) is 9.99. The zero-order chi connectivity index (χ0) is 20.1. The molecule has 2 heterocycles. The van der Waals surface area contributed by atoms with Crippen LogP contribution in [0.15, 0.2) is 24.3 Å². The van der Waals surface area contributed by atoms with E-state index in [0.29, 0.717) is 19.4 Å². The van der Waals surface area contributed by atoms with E-state index in [1.54, 1.807) is 0 Å². The molecule has 3 rings (SSSR count). The van der Waals surface area contributed by atoms with E-state index in [9.17, 15) is 9.59 Å². The van der Waals surface area contributed by atoms with E-state index in [4.69, 9.17) is 6.42 Å². The maximum absolute atomic E-state index is 12.8. The van der Waals surface area contributed by atoms with Crippen molar-refractivity contribution < 1.29 is 9.59 Å². The summed E-state index contributed by atoms with van der Waals surface area (Å²) in [6, 6.07) is 8.68. The normalized spacial score (nSPS) is 25.5. The Bertz CT molecular complexity index is 740. The molecule has 0 aromatic heterocycles. The molecule has 0 radical (unpaired) electrons. The topological polar surface area (TPSA) is 64.7 Å². The molecule has 3 atom stereocenters. The molecular formula is C22H30N4O2. The van der Waals surface area contributed by atoms with Crippen molar-refractivity contribution in [1.82, 2.24) is 20.4 Å². The highest BCUT2D eigenvalue weighted by Crippen LogP contribution is 2.28. The largest absolute Gasteiger partial charge is 0.353 e. The summed E-state index contributed by atoms with van der Waals surface area (Å²) in [5.41, 5.74) is 2.47. The van der Waals surface area contributed by atoms with Gasteiger partial charge in [-0.15, -0.1) is 6.42 Å². The summed E-state index contributed by atoms with van der Waals surface area (Å²) in [5, 5.41) is 5.81. The number of nitrogens with zero attached hydrogens (tertiary/aromatic N) is 2. The maximum atomic E-state index is 12.8. The van der Waals surface area contributed by atoms with Gasteiger partial charge < -0.3 is 10.6 Å². The second-order valence-corrected chi connectivity index (χ2v) is 7.84. The van der Waals surface area contributed by atoms with Crippen LogP contribution < -0.4 is 10.6 Å². The Labute approximate surface area is 167 Å². The number of benzene rings is 1. The first-order chi connectivity index (χ1) is 13.5. The average molecular weight is 383 g/mol. The molecule has 0 aliphatic carbocycles. The molecule has 2 fully saturated rings. The lowest BCUT2D eigenvalue weighted by molar-refractivity contribution is -0.126. The molecule has 0 unspecified atom stereocenters. The molecule has 6 nitrogen and oxygen atoms in total. The van der Waals surface area contributed by atoms with Crippen molar-refractivity contribution in [2.75, 3.05) is 26.7 Å². The second kappa shape index (κ2) is 9.22. The minimum atomic E-state index is -0.147. The Morgan fingerprint density at radius 1 is 1.36 bits per heavy atom. The van der Waals surface area contributed by atoms with Gasteiger partial charge in [0.15, 0.2) is 0 Å². The fraction of sp³-hybridized carbons (Fsp3) is 0.545. The summed E-state index contributed by atoms with van der Waals surface area (Å²) in [6.07, 6.45) is 7.26. The van der Waals surface area contributed by atoms with Crippen molar-refractivity contribution in [2.24, 2.45) is 0 Å². The van der Waals surface area contributed by atoms with Crippen LogP contribution >= 0.6 is 0 Å². The van der Waals surface area contributed by atoms with Crippen molar-refractivity contribution in [3.63, 3.8) is 0 Å². The van der Waals surface area contributed by atoms with Crippen LogP contribution in [0.5, 0.6) is 0 Å². The monoisotopic (exact) mass is 382 g/mol. The molecule has 6 heteroatoms. The van der Waals surface area contributed by atoms with Gasteiger partial charge >= 0.3 is 0 Å². The van der Waals surface area contributed by atoms with Crippen molar-refractivity contribution >= 4 is 11.8 Å². The number of aryl methyl sites for hydroxylation is 1. The molecule has 150 valence electrons. The fourth-order valence-corrected chi connectivity index (χ4v) is 4.29. The van der Waals surface area contributed by atoms with Crippen molar-refractivity contribution in [3.05, 3.63) is 35.4 Å². The Balaban J connectivity index is 1.63. The van der Waals surface area contributed by atoms with Gasteiger partial charge in [-0.1, -0.05) is 35.7 Å². The third-order valence-electron chi connectivity index (χ3n) is 5.95. The Kier molecular flexibility index (Phi) is 6.71. The van der Waals surface area contributed by atoms with Gasteiger partial charge in [0.25, 0.3) is 0 Å². The van der Waals surface area contributed by atoms with Gasteiger partial charge in [0.1, 0.15) is 6.04 Å². The average Bonchev–Trinajstić information content (AvgIpc) is 3.06. The highest BCUT2D eigenvalue weighted by Gasteiger charge is 2.44. The molecule has 1 aromatic carbocycles. The Hall–Kier alpha value is -2.36.